The van der Waals surface area contributed by atoms with Gasteiger partial charge in [-0.15, -0.1) is 0 Å². The number of hydrogen-bond donors (Lipinski definition) is 1. The predicted molar refractivity (Wildman–Crippen MR) is 88.1 cm³/mol. The molecule has 0 saturated carbocycles. The fraction of sp³-hybridized carbons (Fsp3) is 0.611. The molecule has 3 rings (SSSR count). The number of ether oxygens (including phenoxy) is 1. The number of carbonyl (C=O) groups is 1. The first-order valence-electron chi connectivity index (χ1n) is 8.49. The lowest BCUT2D eigenvalue weighted by Gasteiger charge is -2.21. The minimum Gasteiger partial charge on any atom is -0.368 e. The van der Waals surface area contributed by atoms with Crippen molar-refractivity contribution in [2.75, 3.05) is 18.1 Å². The molecule has 0 radical (unpaired) electrons. The third kappa shape index (κ3) is 3.18. The summed E-state index contributed by atoms with van der Waals surface area (Å²) in [7, 11) is 0. The van der Waals surface area contributed by atoms with Crippen molar-refractivity contribution < 1.29 is 9.53 Å². The van der Waals surface area contributed by atoms with Gasteiger partial charge in [0, 0.05) is 24.9 Å². The smallest absolute Gasteiger partial charge is 0.256 e. The van der Waals surface area contributed by atoms with E-state index < -0.39 is 0 Å². The molecule has 2 atom stereocenters. The lowest BCUT2D eigenvalue weighted by molar-refractivity contribution is -0.127. The van der Waals surface area contributed by atoms with Crippen LogP contribution in [-0.2, 0) is 22.4 Å². The first kappa shape index (κ1) is 15.5. The van der Waals surface area contributed by atoms with Crippen LogP contribution in [0, 0.1) is 0 Å². The van der Waals surface area contributed by atoms with E-state index in [1.165, 1.54) is 11.1 Å². The van der Waals surface area contributed by atoms with E-state index in [4.69, 9.17) is 10.5 Å². The van der Waals surface area contributed by atoms with Crippen LogP contribution in [0.2, 0.25) is 0 Å². The summed E-state index contributed by atoms with van der Waals surface area (Å²) in [6.45, 7) is 3.65. The second kappa shape index (κ2) is 6.80. The van der Waals surface area contributed by atoms with Crippen molar-refractivity contribution in [3.8, 4) is 0 Å². The number of anilines is 1. The second-order valence-electron chi connectivity index (χ2n) is 6.46. The molecule has 2 unspecified atom stereocenters. The van der Waals surface area contributed by atoms with Gasteiger partial charge in [-0.3, -0.25) is 4.79 Å². The Morgan fingerprint density at radius 3 is 3.09 bits per heavy atom. The van der Waals surface area contributed by atoms with Gasteiger partial charge in [-0.2, -0.15) is 0 Å². The van der Waals surface area contributed by atoms with Crippen molar-refractivity contribution in [2.45, 2.75) is 57.6 Å². The maximum absolute atomic E-state index is 12.5. The highest BCUT2D eigenvalue weighted by Gasteiger charge is 2.32. The molecular weight excluding hydrogens is 276 g/mol. The molecule has 4 heteroatoms. The summed E-state index contributed by atoms with van der Waals surface area (Å²) in [5.41, 5.74) is 9.76. The summed E-state index contributed by atoms with van der Waals surface area (Å²) >= 11 is 0. The van der Waals surface area contributed by atoms with Crippen LogP contribution in [0.1, 0.15) is 43.7 Å². The number of benzene rings is 1. The monoisotopic (exact) mass is 302 g/mol. The van der Waals surface area contributed by atoms with Crippen LogP contribution in [-0.4, -0.2) is 31.2 Å². The van der Waals surface area contributed by atoms with Gasteiger partial charge in [-0.1, -0.05) is 25.5 Å². The Labute approximate surface area is 132 Å². The van der Waals surface area contributed by atoms with E-state index in [1.807, 2.05) is 4.90 Å². The number of nitrogens with two attached hydrogens (primary N) is 1. The van der Waals surface area contributed by atoms with Crippen LogP contribution < -0.4 is 10.6 Å². The van der Waals surface area contributed by atoms with E-state index in [-0.39, 0.29) is 18.1 Å². The number of amides is 1. The fourth-order valence-corrected chi connectivity index (χ4v) is 3.53. The van der Waals surface area contributed by atoms with Crippen molar-refractivity contribution in [1.82, 2.24) is 0 Å². The Morgan fingerprint density at radius 2 is 2.36 bits per heavy atom. The van der Waals surface area contributed by atoms with E-state index in [1.54, 1.807) is 0 Å². The zero-order valence-corrected chi connectivity index (χ0v) is 13.4. The van der Waals surface area contributed by atoms with Gasteiger partial charge in [0.2, 0.25) is 0 Å². The Hall–Kier alpha value is -1.39. The third-order valence-corrected chi connectivity index (χ3v) is 4.67. The zero-order chi connectivity index (χ0) is 15.5. The van der Waals surface area contributed by atoms with E-state index >= 15 is 0 Å². The summed E-state index contributed by atoms with van der Waals surface area (Å²) in [4.78, 5) is 14.4. The highest BCUT2D eigenvalue weighted by molar-refractivity contribution is 5.98. The molecule has 4 nitrogen and oxygen atoms in total. The van der Waals surface area contributed by atoms with E-state index in [9.17, 15) is 4.79 Å². The van der Waals surface area contributed by atoms with Crippen molar-refractivity contribution in [2.24, 2.45) is 5.73 Å². The van der Waals surface area contributed by atoms with Crippen molar-refractivity contribution in [3.05, 3.63) is 29.3 Å². The van der Waals surface area contributed by atoms with Gasteiger partial charge in [-0.05, 0) is 49.3 Å². The van der Waals surface area contributed by atoms with Crippen LogP contribution in [0.5, 0.6) is 0 Å². The Bertz CT molecular complexity index is 538. The van der Waals surface area contributed by atoms with Gasteiger partial charge < -0.3 is 15.4 Å². The molecule has 2 N–H and O–H groups in total. The van der Waals surface area contributed by atoms with Gasteiger partial charge in [-0.25, -0.2) is 0 Å². The number of fused-ring (bicyclic) bond motifs is 1. The molecule has 0 aromatic heterocycles. The molecule has 0 spiro atoms. The van der Waals surface area contributed by atoms with Gasteiger partial charge in [0.25, 0.3) is 5.91 Å². The lowest BCUT2D eigenvalue weighted by atomic mass is 10.00. The highest BCUT2D eigenvalue weighted by Crippen LogP contribution is 2.31. The molecule has 1 fully saturated rings. The van der Waals surface area contributed by atoms with Crippen LogP contribution in [0.3, 0.4) is 0 Å². The van der Waals surface area contributed by atoms with Gasteiger partial charge >= 0.3 is 0 Å². The fourth-order valence-electron chi connectivity index (χ4n) is 3.53. The predicted octanol–water partition coefficient (Wildman–Crippen LogP) is 2.42. The van der Waals surface area contributed by atoms with Crippen molar-refractivity contribution in [1.29, 1.82) is 0 Å². The van der Waals surface area contributed by atoms with E-state index in [0.29, 0.717) is 6.61 Å². The molecule has 1 amide bonds. The van der Waals surface area contributed by atoms with Gasteiger partial charge in [0.05, 0.1) is 0 Å². The average molecular weight is 302 g/mol. The molecule has 0 bridgehead atoms. The number of carbonyl (C=O) groups excluding carboxylic acids is 1. The average Bonchev–Trinajstić information content (AvgIpc) is 3.16. The summed E-state index contributed by atoms with van der Waals surface area (Å²) in [5, 5.41) is 0. The molecule has 1 saturated heterocycles. The van der Waals surface area contributed by atoms with Gasteiger partial charge in [0.15, 0.2) is 0 Å². The standard InChI is InChI=1S/C18H26N2O2/c1-2-4-15(19)12-13-6-7-16-14(11-13)8-9-20(16)18(21)17-5-3-10-22-17/h6-7,11,15,17H,2-5,8-10,12,19H2,1H3. The van der Waals surface area contributed by atoms with E-state index in [0.717, 1.165) is 50.8 Å². The quantitative estimate of drug-likeness (QED) is 0.909. The summed E-state index contributed by atoms with van der Waals surface area (Å²) in [6, 6.07) is 6.67. The molecule has 0 aliphatic carbocycles. The lowest BCUT2D eigenvalue weighted by Crippen LogP contribution is -2.37. The first-order chi connectivity index (χ1) is 10.7. The van der Waals surface area contributed by atoms with Crippen LogP contribution in [0.25, 0.3) is 0 Å². The molecule has 22 heavy (non-hydrogen) atoms. The SMILES string of the molecule is CCCC(N)Cc1ccc2c(c1)CCN2C(=O)C1CCCO1. The Morgan fingerprint density at radius 1 is 1.50 bits per heavy atom. The Kier molecular flexibility index (Phi) is 4.79. The summed E-state index contributed by atoms with van der Waals surface area (Å²) in [6.07, 6.45) is 5.64. The molecule has 1 aromatic carbocycles. The number of nitrogens with zero attached hydrogens (tertiary/aromatic N) is 1. The third-order valence-electron chi connectivity index (χ3n) is 4.67. The Balaban J connectivity index is 1.71. The minimum atomic E-state index is -0.233. The van der Waals surface area contributed by atoms with Gasteiger partial charge in [0.1, 0.15) is 6.10 Å². The van der Waals surface area contributed by atoms with E-state index in [2.05, 4.69) is 25.1 Å². The molecule has 2 heterocycles. The normalized spacial score (nSPS) is 21.9. The van der Waals surface area contributed by atoms with Crippen LogP contribution in [0.15, 0.2) is 18.2 Å². The molecule has 2 aliphatic heterocycles. The van der Waals surface area contributed by atoms with Crippen LogP contribution in [0.4, 0.5) is 5.69 Å². The topological polar surface area (TPSA) is 55.6 Å². The highest BCUT2D eigenvalue weighted by atomic mass is 16.5. The van der Waals surface area contributed by atoms with Crippen molar-refractivity contribution in [3.63, 3.8) is 0 Å². The zero-order valence-electron chi connectivity index (χ0n) is 13.4. The minimum absolute atomic E-state index is 0.131. The molecular formula is C18H26N2O2. The molecule has 2 aliphatic rings. The largest absolute Gasteiger partial charge is 0.368 e. The molecule has 1 aromatic rings. The van der Waals surface area contributed by atoms with Crippen LogP contribution >= 0.6 is 0 Å². The number of hydrogen-bond acceptors (Lipinski definition) is 3. The maximum atomic E-state index is 12.5. The second-order valence-corrected chi connectivity index (χ2v) is 6.46. The maximum Gasteiger partial charge on any atom is 0.256 e. The summed E-state index contributed by atoms with van der Waals surface area (Å²) < 4.78 is 5.54. The summed E-state index contributed by atoms with van der Waals surface area (Å²) in [5.74, 6) is 0.131. The van der Waals surface area contributed by atoms with Crippen molar-refractivity contribution >= 4 is 11.6 Å². The first-order valence-corrected chi connectivity index (χ1v) is 8.49. The molecule has 120 valence electrons. The number of rotatable bonds is 5.